The average Bonchev–Trinajstić information content (AvgIpc) is 3.25. The van der Waals surface area contributed by atoms with Crippen LogP contribution in [0.2, 0.25) is 0 Å². The van der Waals surface area contributed by atoms with E-state index in [1.807, 2.05) is 24.3 Å². The summed E-state index contributed by atoms with van der Waals surface area (Å²) in [5.74, 6) is -0.336. The van der Waals surface area contributed by atoms with Crippen molar-refractivity contribution in [1.82, 2.24) is 0 Å². The second kappa shape index (κ2) is 6.80. The van der Waals surface area contributed by atoms with Gasteiger partial charge in [-0.25, -0.2) is 9.79 Å². The zero-order valence-corrected chi connectivity index (χ0v) is 11.3. The third kappa shape index (κ3) is 3.41. The smallest absolute Gasteiger partial charge is 0.338 e. The predicted molar refractivity (Wildman–Crippen MR) is 75.3 cm³/mol. The fourth-order valence-corrected chi connectivity index (χ4v) is 1.78. The van der Waals surface area contributed by atoms with E-state index < -0.39 is 6.10 Å². The number of esters is 1. The minimum atomic E-state index is -0.531. The number of carbonyl (C=O) groups is 1. The predicted octanol–water partition coefficient (Wildman–Crippen LogP) is 2.68. The molecule has 5 nitrogen and oxygen atoms in total. The lowest BCUT2D eigenvalue weighted by Gasteiger charge is -2.00. The van der Waals surface area contributed by atoms with E-state index in [0.717, 1.165) is 5.56 Å². The maximum absolute atomic E-state index is 11.6. The van der Waals surface area contributed by atoms with Crippen molar-refractivity contribution in [2.45, 2.75) is 19.1 Å². The zero-order valence-electron chi connectivity index (χ0n) is 11.3. The maximum atomic E-state index is 11.6. The lowest BCUT2D eigenvalue weighted by molar-refractivity contribution is -0.144. The van der Waals surface area contributed by atoms with Crippen molar-refractivity contribution >= 4 is 17.7 Å². The van der Waals surface area contributed by atoms with Crippen LogP contribution in [0.15, 0.2) is 46.9 Å². The zero-order chi connectivity index (χ0) is 14.4. The van der Waals surface area contributed by atoms with Gasteiger partial charge in [-0.15, -0.1) is 6.58 Å². The largest absolute Gasteiger partial charge is 0.464 e. The van der Waals surface area contributed by atoms with E-state index in [4.69, 9.17) is 9.47 Å². The van der Waals surface area contributed by atoms with E-state index in [1.54, 1.807) is 13.0 Å². The molecule has 104 valence electrons. The third-order valence-electron chi connectivity index (χ3n) is 2.72. The number of nitrogens with zero attached hydrogens (tertiary/aromatic N) is 2. The molecule has 0 aromatic heterocycles. The summed E-state index contributed by atoms with van der Waals surface area (Å²) in [6.45, 7) is 6.14. The van der Waals surface area contributed by atoms with E-state index in [1.165, 1.54) is 0 Å². The first-order chi connectivity index (χ1) is 9.77. The van der Waals surface area contributed by atoms with E-state index in [9.17, 15) is 4.79 Å². The summed E-state index contributed by atoms with van der Waals surface area (Å²) in [5, 5.41) is 0. The Labute approximate surface area is 117 Å². The average molecular weight is 272 g/mol. The lowest BCUT2D eigenvalue weighted by Crippen LogP contribution is -2.11. The van der Waals surface area contributed by atoms with Crippen LogP contribution in [0.3, 0.4) is 0 Å². The van der Waals surface area contributed by atoms with Gasteiger partial charge in [-0.1, -0.05) is 24.3 Å². The fraction of sp³-hybridized carbons (Fsp3) is 0.333. The molecule has 0 bridgehead atoms. The number of hydrogen-bond donors (Lipinski definition) is 0. The lowest BCUT2D eigenvalue weighted by atomic mass is 10.1. The normalized spacial score (nSPS) is 19.6. The molecule has 0 radical (unpaired) electrons. The molecule has 0 amide bonds. The first-order valence-corrected chi connectivity index (χ1v) is 6.42. The molecule has 2 atom stereocenters. The van der Waals surface area contributed by atoms with Crippen LogP contribution in [-0.2, 0) is 14.3 Å². The molecule has 0 unspecified atom stereocenters. The summed E-state index contributed by atoms with van der Waals surface area (Å²) in [6, 6.07) is 10.0. The van der Waals surface area contributed by atoms with Crippen LogP contribution in [0.4, 0.5) is 5.69 Å². The molecule has 1 aromatic rings. The second-order valence-corrected chi connectivity index (χ2v) is 4.13. The molecule has 20 heavy (non-hydrogen) atoms. The number of para-hydroxylation sites is 1. The Kier molecular flexibility index (Phi) is 4.82. The van der Waals surface area contributed by atoms with Gasteiger partial charge in [0, 0.05) is 5.56 Å². The standard InChI is InChI=1S/C15H16N2O3/c1-3-9-16-10-17-12-8-6-5-7-11(12)13-14(20-13)15(18)19-4-2/h3,5-8,13-14H,1,4,9H2,2H3/t13-,14+/m1/s1. The first-order valence-electron chi connectivity index (χ1n) is 6.42. The number of aliphatic imine (C=N–C) groups is 2. The first kappa shape index (κ1) is 14.2. The minimum absolute atomic E-state index is 0.296. The Balaban J connectivity index is 2.12. The van der Waals surface area contributed by atoms with Crippen LogP contribution in [0.5, 0.6) is 0 Å². The van der Waals surface area contributed by atoms with Gasteiger partial charge >= 0.3 is 5.97 Å². The van der Waals surface area contributed by atoms with Crippen LogP contribution in [-0.4, -0.2) is 31.2 Å². The monoisotopic (exact) mass is 272 g/mol. The SMILES string of the molecule is C=CCN=C=Nc1ccccc1[C@H]1O[C@@H]1C(=O)OCC. The van der Waals surface area contributed by atoms with Gasteiger partial charge in [0.25, 0.3) is 0 Å². The highest BCUT2D eigenvalue weighted by Gasteiger charge is 2.48. The molecule has 0 spiro atoms. The van der Waals surface area contributed by atoms with Crippen molar-refractivity contribution in [3.8, 4) is 0 Å². The summed E-state index contributed by atoms with van der Waals surface area (Å²) in [7, 11) is 0. The molecule has 0 saturated carbocycles. The molecule has 5 heteroatoms. The van der Waals surface area contributed by atoms with Crippen molar-refractivity contribution in [3.05, 3.63) is 42.5 Å². The van der Waals surface area contributed by atoms with E-state index in [2.05, 4.69) is 22.6 Å². The van der Waals surface area contributed by atoms with E-state index >= 15 is 0 Å². The van der Waals surface area contributed by atoms with Crippen LogP contribution in [0.25, 0.3) is 0 Å². The highest BCUT2D eigenvalue weighted by Crippen LogP contribution is 2.43. The van der Waals surface area contributed by atoms with Crippen LogP contribution in [0, 0.1) is 0 Å². The van der Waals surface area contributed by atoms with Gasteiger partial charge in [0.15, 0.2) is 6.10 Å². The molecule has 1 aromatic carbocycles. The number of benzene rings is 1. The minimum Gasteiger partial charge on any atom is -0.464 e. The highest BCUT2D eigenvalue weighted by atomic mass is 16.6. The van der Waals surface area contributed by atoms with E-state index in [-0.39, 0.29) is 12.1 Å². The molecular weight excluding hydrogens is 256 g/mol. The fourth-order valence-electron chi connectivity index (χ4n) is 1.78. The summed E-state index contributed by atoms with van der Waals surface area (Å²) in [5.41, 5.74) is 1.53. The van der Waals surface area contributed by atoms with Gasteiger partial charge in [0.1, 0.15) is 6.10 Å². The number of epoxide rings is 1. The van der Waals surface area contributed by atoms with Crippen LogP contribution >= 0.6 is 0 Å². The Morgan fingerprint density at radius 1 is 1.55 bits per heavy atom. The number of carbonyl (C=O) groups excluding carboxylic acids is 1. The summed E-state index contributed by atoms with van der Waals surface area (Å²) < 4.78 is 10.3. The molecule has 0 aliphatic carbocycles. The number of rotatable bonds is 6. The molecule has 2 rings (SSSR count). The van der Waals surface area contributed by atoms with Crippen LogP contribution < -0.4 is 0 Å². The summed E-state index contributed by atoms with van der Waals surface area (Å²) in [6.07, 6.45) is 0.835. The Bertz CT molecular complexity index is 562. The van der Waals surface area contributed by atoms with Gasteiger partial charge in [0.05, 0.1) is 24.8 Å². The Morgan fingerprint density at radius 3 is 3.10 bits per heavy atom. The molecule has 1 heterocycles. The Morgan fingerprint density at radius 2 is 2.35 bits per heavy atom. The van der Waals surface area contributed by atoms with Gasteiger partial charge in [-0.2, -0.15) is 4.99 Å². The third-order valence-corrected chi connectivity index (χ3v) is 2.72. The second-order valence-electron chi connectivity index (χ2n) is 4.13. The maximum Gasteiger partial charge on any atom is 0.338 e. The van der Waals surface area contributed by atoms with Crippen molar-refractivity contribution in [1.29, 1.82) is 0 Å². The van der Waals surface area contributed by atoms with Gasteiger partial charge < -0.3 is 9.47 Å². The van der Waals surface area contributed by atoms with E-state index in [0.29, 0.717) is 18.8 Å². The summed E-state index contributed by atoms with van der Waals surface area (Å²) in [4.78, 5) is 19.6. The molecule has 0 N–H and O–H groups in total. The van der Waals surface area contributed by atoms with Gasteiger partial charge in [-0.05, 0) is 13.0 Å². The van der Waals surface area contributed by atoms with Crippen molar-refractivity contribution < 1.29 is 14.3 Å². The molecule has 1 fully saturated rings. The molecule has 1 saturated heterocycles. The van der Waals surface area contributed by atoms with Crippen molar-refractivity contribution in [2.24, 2.45) is 9.98 Å². The van der Waals surface area contributed by atoms with Crippen LogP contribution in [0.1, 0.15) is 18.6 Å². The topological polar surface area (TPSA) is 63.5 Å². The van der Waals surface area contributed by atoms with Crippen molar-refractivity contribution in [3.63, 3.8) is 0 Å². The summed E-state index contributed by atoms with van der Waals surface area (Å²) >= 11 is 0. The molecule has 1 aliphatic heterocycles. The van der Waals surface area contributed by atoms with Crippen molar-refractivity contribution in [2.75, 3.05) is 13.2 Å². The number of ether oxygens (including phenoxy) is 2. The molecular formula is C15H16N2O3. The Hall–Kier alpha value is -2.23. The number of hydrogen-bond acceptors (Lipinski definition) is 5. The molecule has 1 aliphatic rings. The van der Waals surface area contributed by atoms with Gasteiger partial charge in [0.2, 0.25) is 0 Å². The quantitative estimate of drug-likeness (QED) is 0.346. The highest BCUT2D eigenvalue weighted by molar-refractivity contribution is 5.79. The van der Waals surface area contributed by atoms with Gasteiger partial charge in [-0.3, -0.25) is 0 Å².